The van der Waals surface area contributed by atoms with Crippen LogP contribution in [-0.4, -0.2) is 12.4 Å². The Hall–Kier alpha value is -2.59. The Morgan fingerprint density at radius 2 is 2.00 bits per heavy atom. The number of carbonyl (C=O) groups excluding carboxylic acids is 1. The van der Waals surface area contributed by atoms with Crippen molar-refractivity contribution in [3.63, 3.8) is 0 Å². The molecule has 3 aromatic rings. The van der Waals surface area contributed by atoms with E-state index in [1.807, 2.05) is 25.1 Å². The molecule has 2 aromatic carbocycles. The van der Waals surface area contributed by atoms with E-state index in [4.69, 9.17) is 20.8 Å². The maximum absolute atomic E-state index is 12.4. The van der Waals surface area contributed by atoms with Gasteiger partial charge < -0.3 is 13.9 Å². The number of aldehydes is 1. The van der Waals surface area contributed by atoms with Crippen LogP contribution in [-0.2, 0) is 4.79 Å². The smallest absolute Gasteiger partial charge is 0.193 e. The number of fused-ring (bicyclic) bond motifs is 1. The Labute approximate surface area is 155 Å². The molecular formula is C21H17ClO4. The Balaban J connectivity index is 1.71. The van der Waals surface area contributed by atoms with Crippen LogP contribution in [0.1, 0.15) is 18.4 Å². The average Bonchev–Trinajstić information content (AvgIpc) is 2.60. The average molecular weight is 369 g/mol. The fourth-order valence-electron chi connectivity index (χ4n) is 3.16. The minimum Gasteiger partial charge on any atom is -0.490 e. The first-order valence-electron chi connectivity index (χ1n) is 8.50. The number of aryl methyl sites for hydroxylation is 1. The Kier molecular flexibility index (Phi) is 4.29. The van der Waals surface area contributed by atoms with Crippen molar-refractivity contribution in [1.82, 2.24) is 0 Å². The van der Waals surface area contributed by atoms with Crippen molar-refractivity contribution in [3.8, 4) is 17.1 Å². The van der Waals surface area contributed by atoms with Gasteiger partial charge in [-0.3, -0.25) is 4.79 Å². The summed E-state index contributed by atoms with van der Waals surface area (Å²) < 4.78 is 11.9. The van der Waals surface area contributed by atoms with E-state index < -0.39 is 0 Å². The first-order valence-corrected chi connectivity index (χ1v) is 8.88. The second-order valence-corrected chi connectivity index (χ2v) is 7.09. The molecule has 0 bridgehead atoms. The van der Waals surface area contributed by atoms with E-state index in [2.05, 4.69) is 0 Å². The quantitative estimate of drug-likeness (QED) is 0.622. The molecule has 1 aliphatic rings. The van der Waals surface area contributed by atoms with Gasteiger partial charge >= 0.3 is 0 Å². The predicted octanol–water partition coefficient (Wildman–Crippen LogP) is 4.78. The number of ether oxygens (including phenoxy) is 1. The van der Waals surface area contributed by atoms with Crippen LogP contribution >= 0.6 is 11.6 Å². The number of carbonyl (C=O) groups is 1. The standard InChI is InChI=1S/C21H17ClO4/c1-12-5-6-14(9-19(12)25-15-7-13(8-15)11-23)20-10-18(24)16-3-2-4-17(22)21(16)26-20/h2-6,9-11,13,15H,7-8H2,1H3. The fraction of sp³-hybridized carbons (Fsp3) is 0.238. The predicted molar refractivity (Wildman–Crippen MR) is 101 cm³/mol. The molecule has 0 saturated heterocycles. The highest BCUT2D eigenvalue weighted by atomic mass is 35.5. The van der Waals surface area contributed by atoms with Crippen molar-refractivity contribution >= 4 is 28.9 Å². The molecule has 132 valence electrons. The third-order valence-corrected chi connectivity index (χ3v) is 5.09. The molecule has 0 radical (unpaired) electrons. The van der Waals surface area contributed by atoms with Gasteiger partial charge in [-0.1, -0.05) is 29.8 Å². The Bertz CT molecular complexity index is 1050. The number of benzene rings is 2. The van der Waals surface area contributed by atoms with Crippen molar-refractivity contribution < 1.29 is 13.9 Å². The van der Waals surface area contributed by atoms with Gasteiger partial charge in [0.1, 0.15) is 23.9 Å². The van der Waals surface area contributed by atoms with Crippen LogP contribution in [0.25, 0.3) is 22.3 Å². The molecule has 26 heavy (non-hydrogen) atoms. The Morgan fingerprint density at radius 3 is 2.77 bits per heavy atom. The minimum atomic E-state index is -0.139. The minimum absolute atomic E-state index is 0.0530. The summed E-state index contributed by atoms with van der Waals surface area (Å²) in [6.07, 6.45) is 2.52. The highest BCUT2D eigenvalue weighted by Gasteiger charge is 2.30. The lowest BCUT2D eigenvalue weighted by Crippen LogP contribution is -2.34. The summed E-state index contributed by atoms with van der Waals surface area (Å²) in [7, 11) is 0. The summed E-state index contributed by atoms with van der Waals surface area (Å²) in [6.45, 7) is 1.96. The molecule has 0 spiro atoms. The van der Waals surface area contributed by atoms with Gasteiger partial charge in [0.2, 0.25) is 0 Å². The highest BCUT2D eigenvalue weighted by Crippen LogP contribution is 2.34. The summed E-state index contributed by atoms with van der Waals surface area (Å²) >= 11 is 6.18. The van der Waals surface area contributed by atoms with Crippen LogP contribution in [0.4, 0.5) is 0 Å². The zero-order valence-electron chi connectivity index (χ0n) is 14.2. The van der Waals surface area contributed by atoms with E-state index in [0.717, 1.165) is 36.0 Å². The maximum atomic E-state index is 12.4. The number of hydrogen-bond donors (Lipinski definition) is 0. The number of para-hydroxylation sites is 1. The third-order valence-electron chi connectivity index (χ3n) is 4.80. The highest BCUT2D eigenvalue weighted by molar-refractivity contribution is 6.34. The van der Waals surface area contributed by atoms with Crippen LogP contribution in [0.2, 0.25) is 5.02 Å². The molecule has 0 amide bonds. The first-order chi connectivity index (χ1) is 12.5. The molecule has 1 aromatic heterocycles. The van der Waals surface area contributed by atoms with Gasteiger partial charge in [0.25, 0.3) is 0 Å². The molecule has 0 N–H and O–H groups in total. The normalized spacial score (nSPS) is 19.2. The van der Waals surface area contributed by atoms with Gasteiger partial charge in [-0.05, 0) is 43.5 Å². The molecule has 0 atom stereocenters. The summed E-state index contributed by atoms with van der Waals surface area (Å²) in [6, 6.07) is 12.3. The topological polar surface area (TPSA) is 56.5 Å². The molecule has 1 aliphatic carbocycles. The Morgan fingerprint density at radius 1 is 1.19 bits per heavy atom. The van der Waals surface area contributed by atoms with E-state index in [1.165, 1.54) is 6.07 Å². The second-order valence-electron chi connectivity index (χ2n) is 6.68. The van der Waals surface area contributed by atoms with E-state index in [9.17, 15) is 9.59 Å². The summed E-state index contributed by atoms with van der Waals surface area (Å²) in [4.78, 5) is 23.1. The molecule has 1 fully saturated rings. The zero-order valence-corrected chi connectivity index (χ0v) is 15.0. The van der Waals surface area contributed by atoms with Crippen LogP contribution in [0.3, 0.4) is 0 Å². The molecule has 4 rings (SSSR count). The van der Waals surface area contributed by atoms with Crippen molar-refractivity contribution in [2.24, 2.45) is 5.92 Å². The molecule has 0 aliphatic heterocycles. The monoisotopic (exact) mass is 368 g/mol. The van der Waals surface area contributed by atoms with Crippen molar-refractivity contribution in [2.75, 3.05) is 0 Å². The summed E-state index contributed by atoms with van der Waals surface area (Å²) in [5.74, 6) is 1.28. The van der Waals surface area contributed by atoms with Crippen LogP contribution in [0.5, 0.6) is 5.75 Å². The van der Waals surface area contributed by atoms with Gasteiger partial charge in [0.05, 0.1) is 10.4 Å². The van der Waals surface area contributed by atoms with Crippen LogP contribution in [0, 0.1) is 12.8 Å². The number of rotatable bonds is 4. The van der Waals surface area contributed by atoms with Gasteiger partial charge in [-0.25, -0.2) is 0 Å². The molecule has 0 unspecified atom stereocenters. The first kappa shape index (κ1) is 16.9. The van der Waals surface area contributed by atoms with Gasteiger partial charge in [-0.2, -0.15) is 0 Å². The molecule has 4 nitrogen and oxygen atoms in total. The fourth-order valence-corrected chi connectivity index (χ4v) is 3.37. The summed E-state index contributed by atoms with van der Waals surface area (Å²) in [5.41, 5.74) is 1.98. The SMILES string of the molecule is Cc1ccc(-c2cc(=O)c3cccc(Cl)c3o2)cc1OC1CC(C=O)C1. The van der Waals surface area contributed by atoms with Crippen molar-refractivity contribution in [2.45, 2.75) is 25.9 Å². The van der Waals surface area contributed by atoms with E-state index in [0.29, 0.717) is 21.8 Å². The molecular weight excluding hydrogens is 352 g/mol. The lowest BCUT2D eigenvalue weighted by Gasteiger charge is -2.32. The number of hydrogen-bond acceptors (Lipinski definition) is 4. The molecule has 1 saturated carbocycles. The van der Waals surface area contributed by atoms with E-state index in [1.54, 1.807) is 18.2 Å². The van der Waals surface area contributed by atoms with Gasteiger partial charge in [-0.15, -0.1) is 0 Å². The lowest BCUT2D eigenvalue weighted by molar-refractivity contribution is -0.116. The van der Waals surface area contributed by atoms with Crippen molar-refractivity contribution in [1.29, 1.82) is 0 Å². The zero-order chi connectivity index (χ0) is 18.3. The van der Waals surface area contributed by atoms with Crippen LogP contribution in [0.15, 0.2) is 51.7 Å². The van der Waals surface area contributed by atoms with Crippen molar-refractivity contribution in [3.05, 3.63) is 63.3 Å². The van der Waals surface area contributed by atoms with Crippen LogP contribution < -0.4 is 10.2 Å². The van der Waals surface area contributed by atoms with E-state index in [-0.39, 0.29) is 17.5 Å². The summed E-state index contributed by atoms with van der Waals surface area (Å²) in [5, 5.41) is 0.860. The lowest BCUT2D eigenvalue weighted by atomic mass is 9.83. The molecule has 5 heteroatoms. The van der Waals surface area contributed by atoms with E-state index >= 15 is 0 Å². The molecule has 1 heterocycles. The second kappa shape index (κ2) is 6.61. The maximum Gasteiger partial charge on any atom is 0.193 e. The number of halogens is 1. The third kappa shape index (κ3) is 3.01. The van der Waals surface area contributed by atoms with Gasteiger partial charge in [0, 0.05) is 17.5 Å². The largest absolute Gasteiger partial charge is 0.490 e. The van der Waals surface area contributed by atoms with Gasteiger partial charge in [0.15, 0.2) is 11.0 Å².